The zero-order valence-corrected chi connectivity index (χ0v) is 9.11. The van der Waals surface area contributed by atoms with Crippen LogP contribution >= 0.6 is 11.8 Å². The maximum absolute atomic E-state index is 11.5. The van der Waals surface area contributed by atoms with E-state index in [9.17, 15) is 4.79 Å². The molecule has 0 aromatic carbocycles. The number of thioether (sulfide) groups is 1. The normalized spacial score (nSPS) is 28.4. The van der Waals surface area contributed by atoms with Gasteiger partial charge < -0.3 is 0 Å². The number of carbonyl (C=O) groups excluding carboxylic acids is 1. The zero-order valence-electron chi connectivity index (χ0n) is 8.29. The minimum Gasteiger partial charge on any atom is -0.295 e. The van der Waals surface area contributed by atoms with Gasteiger partial charge >= 0.3 is 0 Å². The standard InChI is InChI=1S/C11H18OS/c1-3-10(12)9-7-5-6-8-11(9)13-4-2/h3,9,11H,1,4-8H2,2H3. The van der Waals surface area contributed by atoms with Crippen LogP contribution in [0.25, 0.3) is 0 Å². The molecule has 1 aliphatic rings. The summed E-state index contributed by atoms with van der Waals surface area (Å²) >= 11 is 1.94. The van der Waals surface area contributed by atoms with Gasteiger partial charge in [0.05, 0.1) is 0 Å². The summed E-state index contributed by atoms with van der Waals surface area (Å²) in [5, 5.41) is 0.559. The third-order valence-corrected chi connectivity index (χ3v) is 3.98. The quantitative estimate of drug-likeness (QED) is 0.646. The largest absolute Gasteiger partial charge is 0.295 e. The second kappa shape index (κ2) is 5.48. The predicted octanol–water partition coefficient (Wildman–Crippen LogP) is 3.05. The summed E-state index contributed by atoms with van der Waals surface area (Å²) in [4.78, 5) is 11.5. The van der Waals surface area contributed by atoms with Crippen molar-refractivity contribution < 1.29 is 4.79 Å². The van der Waals surface area contributed by atoms with E-state index < -0.39 is 0 Å². The second-order valence-electron chi connectivity index (χ2n) is 3.49. The van der Waals surface area contributed by atoms with Crippen LogP contribution in [0.4, 0.5) is 0 Å². The Morgan fingerprint density at radius 2 is 2.23 bits per heavy atom. The molecule has 0 saturated heterocycles. The Balaban J connectivity index is 2.55. The van der Waals surface area contributed by atoms with Crippen LogP contribution in [0.1, 0.15) is 32.6 Å². The maximum atomic E-state index is 11.5. The molecule has 2 heteroatoms. The lowest BCUT2D eigenvalue weighted by Crippen LogP contribution is -2.28. The fraction of sp³-hybridized carbons (Fsp3) is 0.727. The van der Waals surface area contributed by atoms with Crippen molar-refractivity contribution in [1.29, 1.82) is 0 Å². The summed E-state index contributed by atoms with van der Waals surface area (Å²) < 4.78 is 0. The van der Waals surface area contributed by atoms with Gasteiger partial charge in [-0.3, -0.25) is 4.79 Å². The third-order valence-electron chi connectivity index (χ3n) is 2.65. The van der Waals surface area contributed by atoms with Gasteiger partial charge in [0.1, 0.15) is 0 Å². The second-order valence-corrected chi connectivity index (χ2v) is 5.01. The summed E-state index contributed by atoms with van der Waals surface area (Å²) in [6.45, 7) is 5.73. The smallest absolute Gasteiger partial charge is 0.159 e. The summed E-state index contributed by atoms with van der Waals surface area (Å²) in [5.74, 6) is 1.63. The van der Waals surface area contributed by atoms with Gasteiger partial charge in [0.2, 0.25) is 0 Å². The molecule has 0 aromatic heterocycles. The topological polar surface area (TPSA) is 17.1 Å². The van der Waals surface area contributed by atoms with Crippen molar-refractivity contribution in [1.82, 2.24) is 0 Å². The van der Waals surface area contributed by atoms with Crippen LogP contribution in [-0.4, -0.2) is 16.8 Å². The fourth-order valence-electron chi connectivity index (χ4n) is 1.99. The van der Waals surface area contributed by atoms with E-state index in [0.717, 1.165) is 12.2 Å². The molecule has 1 rings (SSSR count). The Morgan fingerprint density at radius 3 is 2.85 bits per heavy atom. The van der Waals surface area contributed by atoms with Crippen LogP contribution in [0.15, 0.2) is 12.7 Å². The lowest BCUT2D eigenvalue weighted by molar-refractivity contribution is -0.118. The summed E-state index contributed by atoms with van der Waals surface area (Å²) in [6, 6.07) is 0. The molecule has 1 fully saturated rings. The van der Waals surface area contributed by atoms with E-state index in [2.05, 4.69) is 13.5 Å². The van der Waals surface area contributed by atoms with E-state index in [1.165, 1.54) is 25.3 Å². The van der Waals surface area contributed by atoms with Crippen molar-refractivity contribution in [3.05, 3.63) is 12.7 Å². The number of carbonyl (C=O) groups is 1. The highest BCUT2D eigenvalue weighted by molar-refractivity contribution is 7.99. The molecular weight excluding hydrogens is 180 g/mol. The first-order chi connectivity index (χ1) is 6.29. The first-order valence-corrected chi connectivity index (χ1v) is 6.12. The number of allylic oxidation sites excluding steroid dienone is 1. The zero-order chi connectivity index (χ0) is 9.68. The monoisotopic (exact) mass is 198 g/mol. The molecule has 1 nitrogen and oxygen atoms in total. The van der Waals surface area contributed by atoms with E-state index in [1.54, 1.807) is 0 Å². The van der Waals surface area contributed by atoms with Crippen molar-refractivity contribution in [2.24, 2.45) is 5.92 Å². The molecule has 13 heavy (non-hydrogen) atoms. The van der Waals surface area contributed by atoms with E-state index in [0.29, 0.717) is 5.25 Å². The molecule has 0 aromatic rings. The summed E-state index contributed by atoms with van der Waals surface area (Å²) in [7, 11) is 0. The van der Waals surface area contributed by atoms with Crippen LogP contribution < -0.4 is 0 Å². The molecule has 2 atom stereocenters. The van der Waals surface area contributed by atoms with Gasteiger partial charge in [-0.1, -0.05) is 26.3 Å². The van der Waals surface area contributed by atoms with Gasteiger partial charge in [-0.15, -0.1) is 0 Å². The van der Waals surface area contributed by atoms with Gasteiger partial charge in [0.25, 0.3) is 0 Å². The highest BCUT2D eigenvalue weighted by Crippen LogP contribution is 2.33. The molecule has 0 spiro atoms. The molecule has 2 unspecified atom stereocenters. The first-order valence-electron chi connectivity index (χ1n) is 5.07. The Hall–Kier alpha value is -0.240. The Labute approximate surface area is 85.0 Å². The van der Waals surface area contributed by atoms with Gasteiger partial charge in [0, 0.05) is 11.2 Å². The van der Waals surface area contributed by atoms with E-state index in [-0.39, 0.29) is 11.7 Å². The average Bonchev–Trinajstić information content (AvgIpc) is 2.18. The van der Waals surface area contributed by atoms with Crippen LogP contribution in [0.3, 0.4) is 0 Å². The Bertz CT molecular complexity index is 187. The number of rotatable bonds is 4. The van der Waals surface area contributed by atoms with Crippen LogP contribution in [0.5, 0.6) is 0 Å². The number of hydrogen-bond donors (Lipinski definition) is 0. The van der Waals surface area contributed by atoms with Crippen LogP contribution in [0, 0.1) is 5.92 Å². The van der Waals surface area contributed by atoms with E-state index in [1.807, 2.05) is 11.8 Å². The van der Waals surface area contributed by atoms with E-state index >= 15 is 0 Å². The molecule has 0 bridgehead atoms. The molecule has 0 aliphatic heterocycles. The van der Waals surface area contributed by atoms with Crippen molar-refractivity contribution in [3.8, 4) is 0 Å². The van der Waals surface area contributed by atoms with Gasteiger partial charge in [-0.25, -0.2) is 0 Å². The van der Waals surface area contributed by atoms with Crippen molar-refractivity contribution >= 4 is 17.5 Å². The lowest BCUT2D eigenvalue weighted by atomic mass is 9.86. The first kappa shape index (κ1) is 10.8. The highest BCUT2D eigenvalue weighted by Gasteiger charge is 2.28. The molecule has 0 heterocycles. The van der Waals surface area contributed by atoms with Gasteiger partial charge in [-0.05, 0) is 24.7 Å². The van der Waals surface area contributed by atoms with Crippen molar-refractivity contribution in [2.75, 3.05) is 5.75 Å². The van der Waals surface area contributed by atoms with Gasteiger partial charge in [-0.2, -0.15) is 11.8 Å². The fourth-order valence-corrected chi connectivity index (χ4v) is 3.25. The highest BCUT2D eigenvalue weighted by atomic mass is 32.2. The average molecular weight is 198 g/mol. The third kappa shape index (κ3) is 2.87. The number of ketones is 1. The molecule has 1 aliphatic carbocycles. The van der Waals surface area contributed by atoms with Crippen molar-refractivity contribution in [3.63, 3.8) is 0 Å². The van der Waals surface area contributed by atoms with Crippen LogP contribution in [0.2, 0.25) is 0 Å². The maximum Gasteiger partial charge on any atom is 0.159 e. The summed E-state index contributed by atoms with van der Waals surface area (Å²) in [5.41, 5.74) is 0. The SMILES string of the molecule is C=CC(=O)C1CCCCC1SCC. The Kier molecular flexibility index (Phi) is 4.57. The molecule has 0 amide bonds. The van der Waals surface area contributed by atoms with Gasteiger partial charge in [0.15, 0.2) is 5.78 Å². The lowest BCUT2D eigenvalue weighted by Gasteiger charge is -2.28. The molecule has 0 radical (unpaired) electrons. The number of hydrogen-bond acceptors (Lipinski definition) is 2. The minimum atomic E-state index is 0.255. The van der Waals surface area contributed by atoms with Crippen molar-refractivity contribution in [2.45, 2.75) is 37.9 Å². The molecule has 0 N–H and O–H groups in total. The molecular formula is C11H18OS. The minimum absolute atomic E-state index is 0.255. The molecule has 1 saturated carbocycles. The summed E-state index contributed by atoms with van der Waals surface area (Å²) in [6.07, 6.45) is 6.29. The molecule has 74 valence electrons. The Morgan fingerprint density at radius 1 is 1.54 bits per heavy atom. The predicted molar refractivity (Wildman–Crippen MR) is 59.1 cm³/mol. The van der Waals surface area contributed by atoms with Crippen LogP contribution in [-0.2, 0) is 4.79 Å². The van der Waals surface area contributed by atoms with E-state index in [4.69, 9.17) is 0 Å².